The molecule has 1 aliphatic rings. The van der Waals surface area contributed by atoms with Crippen molar-refractivity contribution in [3.63, 3.8) is 0 Å². The summed E-state index contributed by atoms with van der Waals surface area (Å²) in [4.78, 5) is 14.0. The number of amides is 1. The van der Waals surface area contributed by atoms with E-state index < -0.39 is 23.1 Å². The second kappa shape index (κ2) is 5.61. The number of nitrogens with zero attached hydrogens (tertiary/aromatic N) is 1. The maximum absolute atomic E-state index is 13.6. The minimum Gasteiger partial charge on any atom is -0.393 e. The van der Waals surface area contributed by atoms with Gasteiger partial charge in [0.2, 0.25) is 0 Å². The van der Waals surface area contributed by atoms with Gasteiger partial charge in [0.15, 0.2) is 0 Å². The van der Waals surface area contributed by atoms with Gasteiger partial charge in [0, 0.05) is 19.0 Å². The van der Waals surface area contributed by atoms with Crippen LogP contribution in [0.5, 0.6) is 0 Å². The Kier molecular flexibility index (Phi) is 4.09. The van der Waals surface area contributed by atoms with E-state index in [1.807, 2.05) is 0 Å². The maximum Gasteiger partial charge on any atom is 0.260 e. The zero-order chi connectivity index (χ0) is 14.0. The standard InChI is InChI=1S/C13H14F2N2OS/c14-9-2-1-3-10(15)12(9)13(18)17(8-4-5-8)7-6-11(16)19/h1-3,8H,4-7H2,(H2,16,19). The number of thiocarbonyl (C=S) groups is 1. The van der Waals surface area contributed by atoms with Crippen molar-refractivity contribution in [2.45, 2.75) is 25.3 Å². The smallest absolute Gasteiger partial charge is 0.260 e. The van der Waals surface area contributed by atoms with Crippen molar-refractivity contribution in [1.82, 2.24) is 4.90 Å². The molecule has 1 aliphatic carbocycles. The lowest BCUT2D eigenvalue weighted by atomic mass is 10.1. The molecule has 2 N–H and O–H groups in total. The maximum atomic E-state index is 13.6. The average Bonchev–Trinajstić information content (AvgIpc) is 3.13. The van der Waals surface area contributed by atoms with Gasteiger partial charge in [-0.05, 0) is 25.0 Å². The quantitative estimate of drug-likeness (QED) is 0.844. The Morgan fingerprint density at radius 2 is 1.95 bits per heavy atom. The van der Waals surface area contributed by atoms with Crippen LogP contribution in [-0.2, 0) is 0 Å². The van der Waals surface area contributed by atoms with Crippen LogP contribution in [0, 0.1) is 11.6 Å². The van der Waals surface area contributed by atoms with Gasteiger partial charge in [-0.25, -0.2) is 8.78 Å². The van der Waals surface area contributed by atoms with Gasteiger partial charge in [0.25, 0.3) is 5.91 Å². The monoisotopic (exact) mass is 284 g/mol. The lowest BCUT2D eigenvalue weighted by molar-refractivity contribution is 0.0738. The van der Waals surface area contributed by atoms with E-state index in [4.69, 9.17) is 18.0 Å². The first-order valence-electron chi connectivity index (χ1n) is 6.04. The third kappa shape index (κ3) is 3.26. The fourth-order valence-electron chi connectivity index (χ4n) is 1.91. The van der Waals surface area contributed by atoms with Crippen molar-refractivity contribution in [2.24, 2.45) is 5.73 Å². The van der Waals surface area contributed by atoms with Gasteiger partial charge in [-0.2, -0.15) is 0 Å². The topological polar surface area (TPSA) is 46.3 Å². The summed E-state index contributed by atoms with van der Waals surface area (Å²) in [6, 6.07) is 3.43. The highest BCUT2D eigenvalue weighted by atomic mass is 32.1. The van der Waals surface area contributed by atoms with Gasteiger partial charge in [0.1, 0.15) is 17.2 Å². The minimum absolute atomic E-state index is 0.0425. The van der Waals surface area contributed by atoms with Crippen molar-refractivity contribution in [3.05, 3.63) is 35.4 Å². The van der Waals surface area contributed by atoms with Crippen molar-refractivity contribution >= 4 is 23.1 Å². The largest absolute Gasteiger partial charge is 0.393 e. The van der Waals surface area contributed by atoms with E-state index in [0.717, 1.165) is 25.0 Å². The lowest BCUT2D eigenvalue weighted by Gasteiger charge is -2.22. The normalized spacial score (nSPS) is 14.2. The molecule has 0 bridgehead atoms. The summed E-state index contributed by atoms with van der Waals surface area (Å²) in [7, 11) is 0. The van der Waals surface area contributed by atoms with Crippen LogP contribution in [0.1, 0.15) is 29.6 Å². The number of carbonyl (C=O) groups excluding carboxylic acids is 1. The van der Waals surface area contributed by atoms with Gasteiger partial charge in [0.05, 0.1) is 4.99 Å². The molecule has 1 amide bonds. The van der Waals surface area contributed by atoms with Gasteiger partial charge in [-0.15, -0.1) is 0 Å². The van der Waals surface area contributed by atoms with Crippen LogP contribution < -0.4 is 5.73 Å². The number of halogens is 2. The minimum atomic E-state index is -0.842. The number of benzene rings is 1. The number of rotatable bonds is 5. The van der Waals surface area contributed by atoms with Crippen molar-refractivity contribution < 1.29 is 13.6 Å². The van der Waals surface area contributed by atoms with Gasteiger partial charge >= 0.3 is 0 Å². The summed E-state index contributed by atoms with van der Waals surface area (Å²) in [5, 5.41) is 0. The Labute approximate surface area is 115 Å². The fourth-order valence-corrected chi connectivity index (χ4v) is 2.00. The molecule has 0 atom stereocenters. The molecule has 1 aromatic rings. The van der Waals surface area contributed by atoms with Crippen LogP contribution in [0.25, 0.3) is 0 Å². The molecule has 0 aromatic heterocycles. The molecule has 3 nitrogen and oxygen atoms in total. The van der Waals surface area contributed by atoms with Crippen LogP contribution in [0.3, 0.4) is 0 Å². The summed E-state index contributed by atoms with van der Waals surface area (Å²) in [5.74, 6) is -2.31. The third-order valence-corrected chi connectivity index (χ3v) is 3.23. The van der Waals surface area contributed by atoms with Gasteiger partial charge < -0.3 is 10.6 Å². The Morgan fingerprint density at radius 3 is 2.42 bits per heavy atom. The molecule has 102 valence electrons. The summed E-state index contributed by atoms with van der Waals surface area (Å²) in [6.45, 7) is 0.298. The van der Waals surface area contributed by atoms with Gasteiger partial charge in [-0.3, -0.25) is 4.79 Å². The zero-order valence-corrected chi connectivity index (χ0v) is 11.1. The van der Waals surface area contributed by atoms with Crippen LogP contribution in [0.2, 0.25) is 0 Å². The number of hydrogen-bond donors (Lipinski definition) is 1. The molecule has 6 heteroatoms. The molecule has 0 heterocycles. The van der Waals surface area contributed by atoms with Crippen molar-refractivity contribution in [1.29, 1.82) is 0 Å². The molecule has 0 radical (unpaired) electrons. The molecule has 0 spiro atoms. The number of hydrogen-bond acceptors (Lipinski definition) is 2. The van der Waals surface area contributed by atoms with Crippen LogP contribution in [0.4, 0.5) is 8.78 Å². The van der Waals surface area contributed by atoms with Gasteiger partial charge in [-0.1, -0.05) is 18.3 Å². The predicted molar refractivity (Wildman–Crippen MR) is 71.8 cm³/mol. The summed E-state index contributed by atoms with van der Waals surface area (Å²) >= 11 is 4.77. The van der Waals surface area contributed by atoms with E-state index in [1.165, 1.54) is 11.0 Å². The Hall–Kier alpha value is -1.56. The lowest BCUT2D eigenvalue weighted by Crippen LogP contribution is -2.36. The molecule has 1 saturated carbocycles. The zero-order valence-electron chi connectivity index (χ0n) is 10.2. The summed E-state index contributed by atoms with van der Waals surface area (Å²) < 4.78 is 27.2. The molecular weight excluding hydrogens is 270 g/mol. The molecule has 1 aromatic carbocycles. The van der Waals surface area contributed by atoms with Crippen LogP contribution in [0.15, 0.2) is 18.2 Å². The second-order valence-electron chi connectivity index (χ2n) is 4.54. The summed E-state index contributed by atoms with van der Waals surface area (Å²) in [5.41, 5.74) is 4.90. The van der Waals surface area contributed by atoms with E-state index >= 15 is 0 Å². The van der Waals surface area contributed by atoms with Crippen LogP contribution >= 0.6 is 12.2 Å². The third-order valence-electron chi connectivity index (χ3n) is 3.02. The highest BCUT2D eigenvalue weighted by Gasteiger charge is 2.34. The molecule has 19 heavy (non-hydrogen) atoms. The molecule has 2 rings (SSSR count). The van der Waals surface area contributed by atoms with Crippen molar-refractivity contribution in [3.8, 4) is 0 Å². The van der Waals surface area contributed by atoms with E-state index in [2.05, 4.69) is 0 Å². The first kappa shape index (κ1) is 13.9. The SMILES string of the molecule is NC(=S)CCN(C(=O)c1c(F)cccc1F)C1CC1. The average molecular weight is 284 g/mol. The fraction of sp³-hybridized carbons (Fsp3) is 0.385. The second-order valence-corrected chi connectivity index (χ2v) is 5.07. The molecule has 0 unspecified atom stereocenters. The Balaban J connectivity index is 2.21. The van der Waals surface area contributed by atoms with Crippen LogP contribution in [-0.4, -0.2) is 28.4 Å². The predicted octanol–water partition coefficient (Wildman–Crippen LogP) is 2.25. The molecule has 1 fully saturated rings. The van der Waals surface area contributed by atoms with Crippen molar-refractivity contribution in [2.75, 3.05) is 6.54 Å². The van der Waals surface area contributed by atoms with E-state index in [-0.39, 0.29) is 11.0 Å². The number of carbonyl (C=O) groups is 1. The number of nitrogens with two attached hydrogens (primary N) is 1. The van der Waals surface area contributed by atoms with E-state index in [9.17, 15) is 13.6 Å². The first-order valence-corrected chi connectivity index (χ1v) is 6.45. The molecular formula is C13H14F2N2OS. The van der Waals surface area contributed by atoms with E-state index in [0.29, 0.717) is 13.0 Å². The molecule has 0 saturated heterocycles. The Bertz CT molecular complexity index is 497. The summed E-state index contributed by atoms with van der Waals surface area (Å²) in [6.07, 6.45) is 2.05. The Morgan fingerprint density at radius 1 is 1.37 bits per heavy atom. The first-order chi connectivity index (χ1) is 9.00. The highest BCUT2D eigenvalue weighted by Crippen LogP contribution is 2.29. The highest BCUT2D eigenvalue weighted by molar-refractivity contribution is 7.80. The molecule has 0 aliphatic heterocycles. The van der Waals surface area contributed by atoms with E-state index in [1.54, 1.807) is 0 Å².